The maximum absolute atomic E-state index is 13.3. The number of sulfonamides is 1. The molecule has 1 fully saturated rings. The van der Waals surface area contributed by atoms with E-state index in [-0.39, 0.29) is 29.0 Å². The predicted molar refractivity (Wildman–Crippen MR) is 125 cm³/mol. The lowest BCUT2D eigenvalue weighted by Gasteiger charge is -2.32. The third-order valence-corrected chi connectivity index (χ3v) is 7.79. The molecule has 172 valence electrons. The van der Waals surface area contributed by atoms with E-state index in [1.54, 1.807) is 30.3 Å². The number of rotatable bonds is 8. The van der Waals surface area contributed by atoms with Gasteiger partial charge in [-0.05, 0) is 49.2 Å². The lowest BCUT2D eigenvalue weighted by Crippen LogP contribution is -2.46. The first-order chi connectivity index (χ1) is 15.3. The van der Waals surface area contributed by atoms with E-state index in [1.165, 1.54) is 29.8 Å². The number of hydrazone groups is 1. The van der Waals surface area contributed by atoms with Crippen LogP contribution >= 0.6 is 15.9 Å². The van der Waals surface area contributed by atoms with Gasteiger partial charge in [-0.25, -0.2) is 13.8 Å². The fraction of sp³-hybridized carbons (Fsp3) is 0.364. The molecular formula is C22H26BrN3O5S. The van der Waals surface area contributed by atoms with Crippen LogP contribution in [0.3, 0.4) is 0 Å². The number of nitrogens with zero attached hydrogens (tertiary/aromatic N) is 2. The van der Waals surface area contributed by atoms with Crippen LogP contribution in [0.1, 0.15) is 37.7 Å². The summed E-state index contributed by atoms with van der Waals surface area (Å²) in [4.78, 5) is 12.7. The number of hydrogen-bond donors (Lipinski definition) is 2. The van der Waals surface area contributed by atoms with Crippen molar-refractivity contribution < 1.29 is 23.1 Å². The number of ether oxygens (including phenoxy) is 1. The van der Waals surface area contributed by atoms with Gasteiger partial charge in [-0.3, -0.25) is 4.79 Å². The first kappa shape index (κ1) is 24.2. The monoisotopic (exact) mass is 523 g/mol. The topological polar surface area (TPSA) is 108 Å². The molecule has 2 aromatic rings. The smallest absolute Gasteiger partial charge is 0.255 e. The number of nitrogens with one attached hydrogen (secondary N) is 1. The molecule has 0 radical (unpaired) electrons. The molecule has 1 saturated carbocycles. The van der Waals surface area contributed by atoms with E-state index in [0.717, 1.165) is 23.7 Å². The normalized spacial score (nSPS) is 15.2. The number of hydrogen-bond acceptors (Lipinski definition) is 6. The van der Waals surface area contributed by atoms with Gasteiger partial charge in [-0.1, -0.05) is 41.3 Å². The highest BCUT2D eigenvalue weighted by Crippen LogP contribution is 2.29. The number of phenols is 1. The van der Waals surface area contributed by atoms with Crippen LogP contribution < -0.4 is 10.2 Å². The van der Waals surface area contributed by atoms with E-state index in [4.69, 9.17) is 4.74 Å². The van der Waals surface area contributed by atoms with Gasteiger partial charge in [-0.15, -0.1) is 0 Å². The first-order valence-corrected chi connectivity index (χ1v) is 12.5. The number of aromatic hydroxyl groups is 1. The summed E-state index contributed by atoms with van der Waals surface area (Å²) < 4.78 is 33.8. The number of phenolic OH excluding ortho intramolecular Hbond substituents is 1. The van der Waals surface area contributed by atoms with Crippen molar-refractivity contribution in [3.05, 3.63) is 52.5 Å². The average Bonchev–Trinajstić information content (AvgIpc) is 2.79. The van der Waals surface area contributed by atoms with Crippen molar-refractivity contribution in [2.24, 2.45) is 5.10 Å². The van der Waals surface area contributed by atoms with Crippen LogP contribution in [0.2, 0.25) is 0 Å². The first-order valence-electron chi connectivity index (χ1n) is 10.3. The molecule has 0 bridgehead atoms. The van der Waals surface area contributed by atoms with E-state index in [1.807, 2.05) is 0 Å². The van der Waals surface area contributed by atoms with Gasteiger partial charge in [0.1, 0.15) is 0 Å². The van der Waals surface area contributed by atoms with Gasteiger partial charge in [0.25, 0.3) is 5.91 Å². The van der Waals surface area contributed by atoms with E-state index in [0.29, 0.717) is 18.4 Å². The lowest BCUT2D eigenvalue weighted by molar-refractivity contribution is -0.121. The number of benzene rings is 2. The molecular weight excluding hydrogens is 498 g/mol. The van der Waals surface area contributed by atoms with E-state index < -0.39 is 15.9 Å². The van der Waals surface area contributed by atoms with Crippen LogP contribution in [0.25, 0.3) is 0 Å². The zero-order valence-corrected chi connectivity index (χ0v) is 20.1. The summed E-state index contributed by atoms with van der Waals surface area (Å²) in [6.07, 6.45) is 5.61. The summed E-state index contributed by atoms with van der Waals surface area (Å²) in [6.45, 7) is -0.343. The van der Waals surface area contributed by atoms with E-state index in [2.05, 4.69) is 26.5 Å². The highest BCUT2D eigenvalue weighted by molar-refractivity contribution is 9.10. The van der Waals surface area contributed by atoms with Crippen molar-refractivity contribution in [3.63, 3.8) is 0 Å². The maximum Gasteiger partial charge on any atom is 0.255 e. The molecule has 0 unspecified atom stereocenters. The van der Waals surface area contributed by atoms with Gasteiger partial charge < -0.3 is 9.84 Å². The lowest BCUT2D eigenvalue weighted by atomic mass is 9.95. The van der Waals surface area contributed by atoms with Gasteiger partial charge in [0.05, 0.1) is 24.8 Å². The number of methoxy groups -OCH3 is 1. The van der Waals surface area contributed by atoms with Crippen LogP contribution in [0.15, 0.2) is 56.9 Å². The fourth-order valence-corrected chi connectivity index (χ4v) is 5.59. The molecule has 1 aliphatic carbocycles. The van der Waals surface area contributed by atoms with Crippen LogP contribution in [0, 0.1) is 0 Å². The fourth-order valence-electron chi connectivity index (χ4n) is 3.68. The van der Waals surface area contributed by atoms with Crippen molar-refractivity contribution in [3.8, 4) is 11.5 Å². The molecule has 0 saturated heterocycles. The highest BCUT2D eigenvalue weighted by atomic mass is 79.9. The predicted octanol–water partition coefficient (Wildman–Crippen LogP) is 3.64. The Labute approximate surface area is 196 Å². The molecule has 8 nitrogen and oxygen atoms in total. The Morgan fingerprint density at radius 2 is 1.91 bits per heavy atom. The summed E-state index contributed by atoms with van der Waals surface area (Å²) in [5.41, 5.74) is 2.72. The molecule has 0 aromatic heterocycles. The molecule has 0 aliphatic heterocycles. The molecule has 2 N–H and O–H groups in total. The molecule has 2 aromatic carbocycles. The van der Waals surface area contributed by atoms with Crippen LogP contribution in [0.5, 0.6) is 11.5 Å². The van der Waals surface area contributed by atoms with Crippen molar-refractivity contribution >= 4 is 38.1 Å². The number of carbonyl (C=O) groups is 1. The molecule has 0 atom stereocenters. The summed E-state index contributed by atoms with van der Waals surface area (Å²) in [7, 11) is -2.43. The number of para-hydroxylation sites is 1. The Morgan fingerprint density at radius 3 is 2.56 bits per heavy atom. The SMILES string of the molecule is COc1cccc(C=NNC(=O)CN(C2CCCCC2)S(=O)(=O)c2ccc(Br)cc2)c1O. The number of halogens is 1. The highest BCUT2D eigenvalue weighted by Gasteiger charge is 2.33. The molecule has 32 heavy (non-hydrogen) atoms. The Kier molecular flexibility index (Phi) is 8.27. The average molecular weight is 524 g/mol. The Balaban J connectivity index is 1.76. The van der Waals surface area contributed by atoms with E-state index >= 15 is 0 Å². The Morgan fingerprint density at radius 1 is 1.22 bits per heavy atom. The quantitative estimate of drug-likeness (QED) is 0.405. The summed E-state index contributed by atoms with van der Waals surface area (Å²) >= 11 is 3.31. The van der Waals surface area contributed by atoms with Gasteiger partial charge in [0.2, 0.25) is 10.0 Å². The summed E-state index contributed by atoms with van der Waals surface area (Å²) in [6, 6.07) is 11.0. The minimum atomic E-state index is -3.86. The zero-order valence-electron chi connectivity index (χ0n) is 17.7. The zero-order chi connectivity index (χ0) is 23.1. The molecule has 10 heteroatoms. The van der Waals surface area contributed by atoms with Crippen molar-refractivity contribution in [2.45, 2.75) is 43.0 Å². The van der Waals surface area contributed by atoms with Gasteiger partial charge in [-0.2, -0.15) is 9.41 Å². The second kappa shape index (κ2) is 10.9. The third kappa shape index (κ3) is 5.87. The molecule has 1 aliphatic rings. The van der Waals surface area contributed by atoms with Crippen molar-refractivity contribution in [2.75, 3.05) is 13.7 Å². The maximum atomic E-state index is 13.3. The minimum Gasteiger partial charge on any atom is -0.504 e. The van der Waals surface area contributed by atoms with E-state index in [9.17, 15) is 18.3 Å². The number of carbonyl (C=O) groups excluding carboxylic acids is 1. The van der Waals surface area contributed by atoms with Crippen LogP contribution in [-0.4, -0.2) is 49.6 Å². The Hall–Kier alpha value is -2.43. The van der Waals surface area contributed by atoms with Crippen molar-refractivity contribution in [1.29, 1.82) is 0 Å². The van der Waals surface area contributed by atoms with Gasteiger partial charge >= 0.3 is 0 Å². The van der Waals surface area contributed by atoms with Gasteiger partial charge in [0, 0.05) is 16.1 Å². The minimum absolute atomic E-state index is 0.102. The second-order valence-electron chi connectivity index (χ2n) is 7.49. The number of amides is 1. The van der Waals surface area contributed by atoms with Crippen molar-refractivity contribution in [1.82, 2.24) is 9.73 Å². The van der Waals surface area contributed by atoms with Crippen LogP contribution in [0.4, 0.5) is 0 Å². The standard InChI is InChI=1S/C22H26BrN3O5S/c1-31-20-9-5-6-16(22(20)28)14-24-25-21(27)15-26(18-7-3-2-4-8-18)32(29,30)19-12-10-17(23)11-13-19/h5-6,9-14,18,28H,2-4,7-8,15H2,1H3,(H,25,27). The third-order valence-electron chi connectivity index (χ3n) is 5.34. The summed E-state index contributed by atoms with van der Waals surface area (Å²) in [5.74, 6) is -0.381. The molecule has 1 amide bonds. The van der Waals surface area contributed by atoms with Gasteiger partial charge in [0.15, 0.2) is 11.5 Å². The molecule has 3 rings (SSSR count). The summed E-state index contributed by atoms with van der Waals surface area (Å²) in [5, 5.41) is 14.0. The molecule has 0 heterocycles. The second-order valence-corrected chi connectivity index (χ2v) is 10.3. The largest absolute Gasteiger partial charge is 0.504 e. The Bertz CT molecular complexity index is 1070. The van der Waals surface area contributed by atoms with Crippen LogP contribution in [-0.2, 0) is 14.8 Å². The molecule has 0 spiro atoms.